The van der Waals surface area contributed by atoms with Crippen LogP contribution in [0.25, 0.3) is 0 Å². The molecule has 0 saturated heterocycles. The first kappa shape index (κ1) is 16.9. The van der Waals surface area contributed by atoms with Gasteiger partial charge in [-0.1, -0.05) is 6.92 Å². The van der Waals surface area contributed by atoms with E-state index in [9.17, 15) is 4.79 Å². The highest BCUT2D eigenvalue weighted by molar-refractivity contribution is 7.11. The number of aromatic nitrogens is 1. The maximum Gasteiger partial charge on any atom is 0.407 e. The third-order valence-electron chi connectivity index (χ3n) is 2.42. The normalized spacial score (nSPS) is 11.4. The van der Waals surface area contributed by atoms with Crippen LogP contribution in [-0.2, 0) is 17.7 Å². The Morgan fingerprint density at radius 2 is 2.15 bits per heavy atom. The van der Waals surface area contributed by atoms with E-state index in [2.05, 4.69) is 22.5 Å². The van der Waals surface area contributed by atoms with E-state index in [0.29, 0.717) is 6.54 Å². The van der Waals surface area contributed by atoms with E-state index < -0.39 is 5.60 Å². The molecule has 0 unspecified atom stereocenters. The van der Waals surface area contributed by atoms with E-state index in [1.807, 2.05) is 27.0 Å². The van der Waals surface area contributed by atoms with Gasteiger partial charge in [0.1, 0.15) is 10.6 Å². The molecule has 0 aromatic carbocycles. The Morgan fingerprint density at radius 1 is 1.40 bits per heavy atom. The minimum atomic E-state index is -0.440. The summed E-state index contributed by atoms with van der Waals surface area (Å²) in [6.45, 7) is 9.94. The van der Waals surface area contributed by atoms with Gasteiger partial charge in [0.15, 0.2) is 0 Å². The number of carbonyl (C=O) groups excluding carboxylic acids is 1. The molecule has 1 aromatic rings. The number of alkyl carbamates (subject to hydrolysis) is 1. The van der Waals surface area contributed by atoms with Crippen LogP contribution in [0, 0.1) is 0 Å². The van der Waals surface area contributed by atoms with E-state index in [1.54, 1.807) is 11.3 Å². The zero-order valence-electron chi connectivity index (χ0n) is 12.8. The van der Waals surface area contributed by atoms with Crippen LogP contribution >= 0.6 is 11.3 Å². The van der Waals surface area contributed by atoms with Crippen LogP contribution in [0.1, 0.15) is 44.0 Å². The van der Waals surface area contributed by atoms with Crippen molar-refractivity contribution in [1.29, 1.82) is 0 Å². The van der Waals surface area contributed by atoms with E-state index in [4.69, 9.17) is 4.74 Å². The van der Waals surface area contributed by atoms with Gasteiger partial charge >= 0.3 is 6.09 Å². The average molecular weight is 299 g/mol. The van der Waals surface area contributed by atoms with Gasteiger partial charge in [-0.3, -0.25) is 0 Å². The summed E-state index contributed by atoms with van der Waals surface area (Å²) in [5.74, 6) is 0. The highest BCUT2D eigenvalue weighted by atomic mass is 32.1. The number of hydrogen-bond donors (Lipinski definition) is 2. The third-order valence-corrected chi connectivity index (χ3v) is 3.57. The number of thiazole rings is 1. The van der Waals surface area contributed by atoms with Gasteiger partial charge in [-0.05, 0) is 40.2 Å². The lowest BCUT2D eigenvalue weighted by Crippen LogP contribution is -2.33. The molecule has 0 aliphatic carbocycles. The molecule has 0 spiro atoms. The fourth-order valence-corrected chi connectivity index (χ4v) is 2.34. The highest BCUT2D eigenvalue weighted by Crippen LogP contribution is 2.12. The monoisotopic (exact) mass is 299 g/mol. The van der Waals surface area contributed by atoms with Crippen LogP contribution in [0.5, 0.6) is 0 Å². The molecule has 0 aliphatic rings. The standard InChI is InChI=1S/C14H25N3O2S/c1-5-11-9-17-12(20-11)10-15-7-6-8-16-13(18)19-14(2,3)4/h9,15H,5-8,10H2,1-4H3,(H,16,18). The molecule has 0 atom stereocenters. The third kappa shape index (κ3) is 7.45. The largest absolute Gasteiger partial charge is 0.444 e. The summed E-state index contributed by atoms with van der Waals surface area (Å²) in [5, 5.41) is 7.17. The number of hydrogen-bond acceptors (Lipinski definition) is 5. The Bertz CT molecular complexity index is 413. The van der Waals surface area contributed by atoms with E-state index in [-0.39, 0.29) is 6.09 Å². The number of nitrogens with one attached hydrogen (secondary N) is 2. The molecular formula is C14H25N3O2S. The lowest BCUT2D eigenvalue weighted by Gasteiger charge is -2.19. The number of aryl methyl sites for hydroxylation is 1. The molecule has 5 nitrogen and oxygen atoms in total. The molecule has 1 rings (SSSR count). The summed E-state index contributed by atoms with van der Waals surface area (Å²) >= 11 is 1.74. The Morgan fingerprint density at radius 3 is 2.75 bits per heavy atom. The minimum absolute atomic E-state index is 0.356. The van der Waals surface area contributed by atoms with Crippen molar-refractivity contribution in [2.24, 2.45) is 0 Å². The minimum Gasteiger partial charge on any atom is -0.444 e. The quantitative estimate of drug-likeness (QED) is 0.760. The zero-order chi connectivity index (χ0) is 15.0. The van der Waals surface area contributed by atoms with Crippen molar-refractivity contribution in [3.8, 4) is 0 Å². The molecule has 1 heterocycles. The molecule has 0 fully saturated rings. The molecule has 1 amide bonds. The molecule has 2 N–H and O–H groups in total. The first-order valence-corrected chi connectivity index (χ1v) is 7.83. The summed E-state index contributed by atoms with van der Waals surface area (Å²) in [6, 6.07) is 0. The topological polar surface area (TPSA) is 63.2 Å². The summed E-state index contributed by atoms with van der Waals surface area (Å²) < 4.78 is 5.15. The highest BCUT2D eigenvalue weighted by Gasteiger charge is 2.15. The second-order valence-electron chi connectivity index (χ2n) is 5.53. The van der Waals surface area contributed by atoms with E-state index in [1.165, 1.54) is 4.88 Å². The summed E-state index contributed by atoms with van der Waals surface area (Å²) in [7, 11) is 0. The predicted molar refractivity (Wildman–Crippen MR) is 82.1 cm³/mol. The molecule has 1 aromatic heterocycles. The molecule has 0 bridgehead atoms. The van der Waals surface area contributed by atoms with Crippen molar-refractivity contribution in [2.75, 3.05) is 13.1 Å². The van der Waals surface area contributed by atoms with Crippen molar-refractivity contribution in [1.82, 2.24) is 15.6 Å². The number of ether oxygens (including phenoxy) is 1. The van der Waals surface area contributed by atoms with Crippen molar-refractivity contribution >= 4 is 17.4 Å². The molecule has 0 radical (unpaired) electrons. The molecular weight excluding hydrogens is 274 g/mol. The smallest absolute Gasteiger partial charge is 0.407 e. The van der Waals surface area contributed by atoms with Crippen LogP contribution in [0.3, 0.4) is 0 Å². The average Bonchev–Trinajstić information content (AvgIpc) is 2.79. The lowest BCUT2D eigenvalue weighted by atomic mass is 10.2. The fourth-order valence-electron chi connectivity index (χ4n) is 1.51. The Balaban J connectivity index is 2.03. The van der Waals surface area contributed by atoms with Crippen LogP contribution < -0.4 is 10.6 Å². The first-order valence-electron chi connectivity index (χ1n) is 7.02. The fraction of sp³-hybridized carbons (Fsp3) is 0.714. The maximum atomic E-state index is 11.4. The Kier molecular flexibility index (Phi) is 6.95. The summed E-state index contributed by atoms with van der Waals surface area (Å²) in [6.07, 6.45) is 3.49. The summed E-state index contributed by atoms with van der Waals surface area (Å²) in [4.78, 5) is 17.0. The van der Waals surface area contributed by atoms with Crippen LogP contribution in [0.4, 0.5) is 4.79 Å². The molecule has 6 heteroatoms. The van der Waals surface area contributed by atoms with E-state index >= 15 is 0 Å². The predicted octanol–water partition coefficient (Wildman–Crippen LogP) is 2.71. The van der Waals surface area contributed by atoms with Gasteiger partial charge in [-0.25, -0.2) is 9.78 Å². The number of carbonyl (C=O) groups is 1. The molecule has 0 saturated carbocycles. The van der Waals surface area contributed by atoms with Gasteiger partial charge in [0.2, 0.25) is 0 Å². The van der Waals surface area contributed by atoms with Gasteiger partial charge in [-0.2, -0.15) is 0 Å². The van der Waals surface area contributed by atoms with Gasteiger partial charge in [0.25, 0.3) is 0 Å². The lowest BCUT2D eigenvalue weighted by molar-refractivity contribution is 0.0527. The zero-order valence-corrected chi connectivity index (χ0v) is 13.6. The van der Waals surface area contributed by atoms with Crippen LogP contribution in [-0.4, -0.2) is 29.8 Å². The Labute approximate surface area is 125 Å². The second-order valence-corrected chi connectivity index (χ2v) is 6.73. The second kappa shape index (κ2) is 8.21. The Hall–Kier alpha value is -1.14. The summed E-state index contributed by atoms with van der Waals surface area (Å²) in [5.41, 5.74) is -0.440. The maximum absolute atomic E-state index is 11.4. The van der Waals surface area contributed by atoms with Gasteiger partial charge in [0, 0.05) is 24.2 Å². The van der Waals surface area contributed by atoms with E-state index in [0.717, 1.165) is 30.9 Å². The number of amides is 1. The molecule has 114 valence electrons. The van der Waals surface area contributed by atoms with Gasteiger partial charge in [-0.15, -0.1) is 11.3 Å². The SMILES string of the molecule is CCc1cnc(CNCCCNC(=O)OC(C)(C)C)s1. The number of nitrogens with zero attached hydrogens (tertiary/aromatic N) is 1. The first-order chi connectivity index (χ1) is 9.40. The van der Waals surface area contributed by atoms with Crippen molar-refractivity contribution in [3.05, 3.63) is 16.1 Å². The van der Waals surface area contributed by atoms with Crippen LogP contribution in [0.15, 0.2) is 6.20 Å². The van der Waals surface area contributed by atoms with Gasteiger partial charge in [0.05, 0.1) is 0 Å². The van der Waals surface area contributed by atoms with Crippen molar-refractivity contribution in [3.63, 3.8) is 0 Å². The van der Waals surface area contributed by atoms with Gasteiger partial charge < -0.3 is 15.4 Å². The molecule has 20 heavy (non-hydrogen) atoms. The number of rotatable bonds is 7. The van der Waals surface area contributed by atoms with Crippen molar-refractivity contribution < 1.29 is 9.53 Å². The van der Waals surface area contributed by atoms with Crippen LogP contribution in [0.2, 0.25) is 0 Å². The molecule has 0 aliphatic heterocycles. The van der Waals surface area contributed by atoms with Crippen molar-refractivity contribution in [2.45, 2.75) is 52.7 Å².